The van der Waals surface area contributed by atoms with Crippen molar-refractivity contribution < 1.29 is 9.90 Å². The fraction of sp³-hybridized carbons (Fsp3) is 0.615. The Morgan fingerprint density at radius 3 is 2.84 bits per heavy atom. The van der Waals surface area contributed by atoms with Gasteiger partial charge in [-0.2, -0.15) is 0 Å². The van der Waals surface area contributed by atoms with E-state index in [4.69, 9.17) is 11.6 Å². The first-order valence-corrected chi connectivity index (χ1v) is 6.84. The largest absolute Gasteiger partial charge is 0.388 e. The topological polar surface area (TPSA) is 75.1 Å². The van der Waals surface area contributed by atoms with Gasteiger partial charge in [-0.05, 0) is 31.6 Å². The molecule has 19 heavy (non-hydrogen) atoms. The summed E-state index contributed by atoms with van der Waals surface area (Å²) in [5.74, 6) is 0.289. The summed E-state index contributed by atoms with van der Waals surface area (Å²) in [4.78, 5) is 19.6. The van der Waals surface area contributed by atoms with Crippen LogP contribution in [0.5, 0.6) is 0 Å². The van der Waals surface area contributed by atoms with E-state index >= 15 is 0 Å². The summed E-state index contributed by atoms with van der Waals surface area (Å²) in [7, 11) is 0. The molecule has 0 bridgehead atoms. The Hall–Kier alpha value is -1.20. The molecule has 0 radical (unpaired) electrons. The third-order valence-corrected chi connectivity index (χ3v) is 3.80. The molecule has 2 rings (SSSR count). The van der Waals surface area contributed by atoms with Crippen molar-refractivity contribution in [3.05, 3.63) is 23.2 Å². The van der Waals surface area contributed by atoms with Crippen LogP contribution in [0.4, 0.5) is 0 Å². The Bertz CT molecular complexity index is 459. The van der Waals surface area contributed by atoms with Crippen LogP contribution in [0, 0.1) is 5.92 Å². The first-order valence-electron chi connectivity index (χ1n) is 6.47. The number of nitrogens with zero attached hydrogens (tertiary/aromatic N) is 2. The van der Waals surface area contributed by atoms with Crippen LogP contribution < -0.4 is 5.32 Å². The second-order valence-electron chi connectivity index (χ2n) is 5.32. The second-order valence-corrected chi connectivity index (χ2v) is 5.70. The highest BCUT2D eigenvalue weighted by atomic mass is 35.5. The molecule has 1 amide bonds. The van der Waals surface area contributed by atoms with E-state index in [9.17, 15) is 9.90 Å². The summed E-state index contributed by atoms with van der Waals surface area (Å²) in [5, 5.41) is 13.2. The van der Waals surface area contributed by atoms with Gasteiger partial charge in [0, 0.05) is 6.54 Å². The van der Waals surface area contributed by atoms with E-state index in [1.165, 1.54) is 12.4 Å². The first kappa shape index (κ1) is 14.2. The van der Waals surface area contributed by atoms with E-state index < -0.39 is 5.60 Å². The highest BCUT2D eigenvalue weighted by molar-refractivity contribution is 6.29. The van der Waals surface area contributed by atoms with Crippen LogP contribution in [0.25, 0.3) is 0 Å². The van der Waals surface area contributed by atoms with E-state index in [1.807, 2.05) is 0 Å². The molecule has 0 spiro atoms. The van der Waals surface area contributed by atoms with Crippen LogP contribution in [0.15, 0.2) is 12.4 Å². The quantitative estimate of drug-likeness (QED) is 0.887. The Labute approximate surface area is 117 Å². The van der Waals surface area contributed by atoms with Crippen LogP contribution in [0.2, 0.25) is 5.15 Å². The van der Waals surface area contributed by atoms with E-state index in [-0.39, 0.29) is 23.3 Å². The summed E-state index contributed by atoms with van der Waals surface area (Å²) in [6, 6.07) is 0. The molecule has 1 heterocycles. The predicted molar refractivity (Wildman–Crippen MR) is 72.0 cm³/mol. The van der Waals surface area contributed by atoms with Gasteiger partial charge in [-0.3, -0.25) is 9.78 Å². The van der Waals surface area contributed by atoms with Crippen LogP contribution in [0.1, 0.15) is 43.1 Å². The minimum atomic E-state index is -0.797. The maximum absolute atomic E-state index is 11.9. The predicted octanol–water partition coefficient (Wildman–Crippen LogP) is 1.80. The van der Waals surface area contributed by atoms with E-state index in [0.717, 1.165) is 25.7 Å². The number of amides is 1. The molecule has 1 aliphatic rings. The molecule has 2 N–H and O–H groups in total. The molecule has 6 heteroatoms. The Morgan fingerprint density at radius 1 is 1.53 bits per heavy atom. The molecule has 0 aliphatic heterocycles. The van der Waals surface area contributed by atoms with Gasteiger partial charge in [-0.25, -0.2) is 4.98 Å². The number of nitrogens with one attached hydrogen (secondary N) is 1. The van der Waals surface area contributed by atoms with E-state index in [0.29, 0.717) is 5.92 Å². The van der Waals surface area contributed by atoms with Gasteiger partial charge < -0.3 is 10.4 Å². The normalized spacial score (nSPS) is 27.0. The third-order valence-electron chi connectivity index (χ3n) is 3.62. The molecule has 1 fully saturated rings. The van der Waals surface area contributed by atoms with E-state index in [2.05, 4.69) is 22.2 Å². The summed E-state index contributed by atoms with van der Waals surface area (Å²) in [5.41, 5.74) is -0.631. The highest BCUT2D eigenvalue weighted by Gasteiger charge is 2.32. The molecule has 1 aromatic heterocycles. The molecular formula is C13H18ClN3O2. The number of aliphatic hydroxyl groups is 1. The summed E-state index contributed by atoms with van der Waals surface area (Å²) in [6.07, 6.45) is 6.14. The smallest absolute Gasteiger partial charge is 0.271 e. The van der Waals surface area contributed by atoms with Crippen LogP contribution >= 0.6 is 11.6 Å². The summed E-state index contributed by atoms with van der Waals surface area (Å²) >= 11 is 5.68. The number of hydrogen-bond donors (Lipinski definition) is 2. The van der Waals surface area contributed by atoms with Gasteiger partial charge in [0.1, 0.15) is 10.8 Å². The number of rotatable bonds is 3. The number of carbonyl (C=O) groups is 1. The molecule has 0 saturated heterocycles. The molecule has 1 aliphatic carbocycles. The molecule has 5 nitrogen and oxygen atoms in total. The number of halogens is 1. The van der Waals surface area contributed by atoms with Crippen molar-refractivity contribution >= 4 is 17.5 Å². The lowest BCUT2D eigenvalue weighted by Crippen LogP contribution is -2.45. The average molecular weight is 284 g/mol. The Morgan fingerprint density at radius 2 is 2.21 bits per heavy atom. The van der Waals surface area contributed by atoms with Crippen LogP contribution in [-0.4, -0.2) is 33.1 Å². The van der Waals surface area contributed by atoms with Crippen molar-refractivity contribution in [3.63, 3.8) is 0 Å². The van der Waals surface area contributed by atoms with Crippen molar-refractivity contribution in [2.24, 2.45) is 5.92 Å². The summed E-state index contributed by atoms with van der Waals surface area (Å²) in [6.45, 7) is 2.42. The molecule has 0 aromatic carbocycles. The fourth-order valence-electron chi connectivity index (χ4n) is 2.26. The molecule has 0 atom stereocenters. The molecule has 1 aromatic rings. The van der Waals surface area contributed by atoms with Crippen molar-refractivity contribution in [2.75, 3.05) is 6.54 Å². The van der Waals surface area contributed by atoms with Gasteiger partial charge in [-0.1, -0.05) is 18.5 Å². The van der Waals surface area contributed by atoms with Gasteiger partial charge in [0.15, 0.2) is 0 Å². The minimum absolute atomic E-state index is 0.167. The lowest BCUT2D eigenvalue weighted by Gasteiger charge is -2.34. The zero-order valence-electron chi connectivity index (χ0n) is 10.9. The third kappa shape index (κ3) is 3.88. The van der Waals surface area contributed by atoms with Crippen molar-refractivity contribution in [1.29, 1.82) is 0 Å². The van der Waals surface area contributed by atoms with Crippen molar-refractivity contribution in [2.45, 2.75) is 38.2 Å². The lowest BCUT2D eigenvalue weighted by atomic mass is 9.79. The number of hydrogen-bond acceptors (Lipinski definition) is 4. The standard InChI is InChI=1S/C13H18ClN3O2/c1-9-2-4-13(19,5-3-9)8-16-12(18)10-6-15-7-11(14)17-10/h6-7,9,19H,2-5,8H2,1H3,(H,16,18). The minimum Gasteiger partial charge on any atom is -0.388 e. The molecular weight excluding hydrogens is 266 g/mol. The van der Waals surface area contributed by atoms with Gasteiger partial charge in [0.2, 0.25) is 0 Å². The van der Waals surface area contributed by atoms with Crippen LogP contribution in [-0.2, 0) is 0 Å². The highest BCUT2D eigenvalue weighted by Crippen LogP contribution is 2.31. The molecule has 0 unspecified atom stereocenters. The maximum atomic E-state index is 11.9. The summed E-state index contributed by atoms with van der Waals surface area (Å²) < 4.78 is 0. The first-order chi connectivity index (χ1) is 8.98. The zero-order chi connectivity index (χ0) is 13.9. The lowest BCUT2D eigenvalue weighted by molar-refractivity contribution is -0.00543. The maximum Gasteiger partial charge on any atom is 0.271 e. The van der Waals surface area contributed by atoms with Crippen molar-refractivity contribution in [1.82, 2.24) is 15.3 Å². The molecule has 1 saturated carbocycles. The molecule has 104 valence electrons. The Balaban J connectivity index is 1.90. The fourth-order valence-corrected chi connectivity index (χ4v) is 2.41. The average Bonchev–Trinajstić information content (AvgIpc) is 2.40. The van der Waals surface area contributed by atoms with E-state index in [1.54, 1.807) is 0 Å². The van der Waals surface area contributed by atoms with Gasteiger partial charge in [0.05, 0.1) is 18.0 Å². The van der Waals surface area contributed by atoms with Gasteiger partial charge in [-0.15, -0.1) is 0 Å². The number of aromatic nitrogens is 2. The zero-order valence-corrected chi connectivity index (χ0v) is 11.7. The SMILES string of the molecule is CC1CCC(O)(CNC(=O)c2cncc(Cl)n2)CC1. The van der Waals surface area contributed by atoms with Gasteiger partial charge >= 0.3 is 0 Å². The monoisotopic (exact) mass is 283 g/mol. The second kappa shape index (κ2) is 5.84. The van der Waals surface area contributed by atoms with Gasteiger partial charge in [0.25, 0.3) is 5.91 Å². The van der Waals surface area contributed by atoms with Crippen molar-refractivity contribution in [3.8, 4) is 0 Å². The number of carbonyl (C=O) groups excluding carboxylic acids is 1. The van der Waals surface area contributed by atoms with Crippen LogP contribution in [0.3, 0.4) is 0 Å². The Kier molecular flexibility index (Phi) is 4.37.